The Morgan fingerprint density at radius 3 is 2.89 bits per heavy atom. The summed E-state index contributed by atoms with van der Waals surface area (Å²) in [6.07, 6.45) is 2.16. The molecule has 1 aliphatic heterocycles. The van der Waals surface area contributed by atoms with E-state index in [2.05, 4.69) is 27.6 Å². The lowest BCUT2D eigenvalue weighted by Crippen LogP contribution is -2.32. The molecule has 1 aromatic rings. The topological polar surface area (TPSA) is 94.3 Å². The quantitative estimate of drug-likeness (QED) is 0.520. The van der Waals surface area contributed by atoms with Crippen LogP contribution in [0.4, 0.5) is 11.6 Å². The molecule has 4 N–H and O–H groups in total. The fourth-order valence-corrected chi connectivity index (χ4v) is 2.11. The van der Waals surface area contributed by atoms with E-state index in [1.165, 1.54) is 0 Å². The summed E-state index contributed by atoms with van der Waals surface area (Å²) in [5.74, 6) is 7.25. The highest BCUT2D eigenvalue weighted by Gasteiger charge is 2.29. The Balaban J connectivity index is 2.04. The van der Waals surface area contributed by atoms with Gasteiger partial charge in [-0.15, -0.1) is 0 Å². The van der Waals surface area contributed by atoms with E-state index >= 15 is 0 Å². The van der Waals surface area contributed by atoms with Crippen LogP contribution in [0.15, 0.2) is 6.07 Å². The molecule has 19 heavy (non-hydrogen) atoms. The molecule has 1 aliphatic rings. The Morgan fingerprint density at radius 2 is 2.26 bits per heavy atom. The maximum absolute atomic E-state index is 5.73. The van der Waals surface area contributed by atoms with Gasteiger partial charge in [-0.25, -0.2) is 15.8 Å². The van der Waals surface area contributed by atoms with E-state index in [0.717, 1.165) is 19.4 Å². The first-order valence-corrected chi connectivity index (χ1v) is 6.36. The van der Waals surface area contributed by atoms with Crippen molar-refractivity contribution in [2.45, 2.75) is 32.0 Å². The van der Waals surface area contributed by atoms with E-state index < -0.39 is 0 Å². The highest BCUT2D eigenvalue weighted by Crippen LogP contribution is 2.25. The van der Waals surface area contributed by atoms with Crippen LogP contribution in [0.3, 0.4) is 0 Å². The summed E-state index contributed by atoms with van der Waals surface area (Å²) in [5, 5.41) is 3.27. The van der Waals surface area contributed by atoms with Gasteiger partial charge in [0.05, 0.1) is 5.60 Å². The molecule has 0 saturated carbocycles. The van der Waals surface area contributed by atoms with Crippen LogP contribution >= 0.6 is 0 Å². The fraction of sp³-hybridized carbons (Fsp3) is 0.667. The van der Waals surface area contributed by atoms with Gasteiger partial charge in [0.2, 0.25) is 0 Å². The van der Waals surface area contributed by atoms with Gasteiger partial charge in [0.15, 0.2) is 5.82 Å². The minimum atomic E-state index is -0.122. The van der Waals surface area contributed by atoms with Gasteiger partial charge < -0.3 is 20.2 Å². The second kappa shape index (κ2) is 6.14. The van der Waals surface area contributed by atoms with E-state index in [9.17, 15) is 0 Å². The first kappa shape index (κ1) is 14.0. The van der Waals surface area contributed by atoms with Crippen molar-refractivity contribution in [1.82, 2.24) is 9.97 Å². The zero-order chi connectivity index (χ0) is 13.7. The fourth-order valence-electron chi connectivity index (χ4n) is 2.11. The van der Waals surface area contributed by atoms with Crippen LogP contribution < -0.4 is 16.6 Å². The van der Waals surface area contributed by atoms with Crippen LogP contribution in [0.2, 0.25) is 0 Å². The minimum absolute atomic E-state index is 0.122. The van der Waals surface area contributed by atoms with E-state index in [4.69, 9.17) is 15.3 Å². The van der Waals surface area contributed by atoms with E-state index in [1.54, 1.807) is 13.2 Å². The standard InChI is InChI=1S/C12H21N5O2/c1-12(4-3-5-19-12)8-14-9-6-10(17-13)16-11(15-9)7-18-2/h6H,3-5,7-8,13H2,1-2H3,(H2,14,15,16,17). The third-order valence-corrected chi connectivity index (χ3v) is 3.14. The molecule has 0 bridgehead atoms. The van der Waals surface area contributed by atoms with Crippen LogP contribution in [-0.4, -0.2) is 35.8 Å². The summed E-state index contributed by atoms with van der Waals surface area (Å²) >= 11 is 0. The highest BCUT2D eigenvalue weighted by molar-refractivity contribution is 5.47. The SMILES string of the molecule is COCc1nc(NN)cc(NCC2(C)CCCO2)n1. The van der Waals surface area contributed by atoms with Crippen molar-refractivity contribution in [3.05, 3.63) is 11.9 Å². The lowest BCUT2D eigenvalue weighted by molar-refractivity contribution is 0.0314. The molecular weight excluding hydrogens is 246 g/mol. The molecule has 0 radical (unpaired) electrons. The van der Waals surface area contributed by atoms with Crippen molar-refractivity contribution in [1.29, 1.82) is 0 Å². The predicted molar refractivity (Wildman–Crippen MR) is 72.6 cm³/mol. The number of nitrogens with one attached hydrogen (secondary N) is 2. The normalized spacial score (nSPS) is 22.5. The number of aromatic nitrogens is 2. The molecule has 1 fully saturated rings. The van der Waals surface area contributed by atoms with E-state index in [1.807, 2.05) is 0 Å². The largest absolute Gasteiger partial charge is 0.377 e. The first-order chi connectivity index (χ1) is 9.15. The molecular formula is C12H21N5O2. The molecule has 0 aliphatic carbocycles. The molecule has 7 heteroatoms. The smallest absolute Gasteiger partial charge is 0.158 e. The maximum Gasteiger partial charge on any atom is 0.158 e. The molecule has 1 aromatic heterocycles. The number of hydrazine groups is 1. The minimum Gasteiger partial charge on any atom is -0.377 e. The number of hydrogen-bond acceptors (Lipinski definition) is 7. The third kappa shape index (κ3) is 3.76. The highest BCUT2D eigenvalue weighted by atomic mass is 16.5. The van der Waals surface area contributed by atoms with Gasteiger partial charge in [-0.3, -0.25) is 0 Å². The Kier molecular flexibility index (Phi) is 4.52. The maximum atomic E-state index is 5.73. The molecule has 1 unspecified atom stereocenters. The molecule has 2 heterocycles. The van der Waals surface area contributed by atoms with Gasteiger partial charge in [0, 0.05) is 26.3 Å². The second-order valence-corrected chi connectivity index (χ2v) is 4.89. The molecule has 0 aromatic carbocycles. The Hall–Kier alpha value is -1.44. The summed E-state index contributed by atoms with van der Waals surface area (Å²) in [7, 11) is 1.60. The van der Waals surface area contributed by atoms with Crippen molar-refractivity contribution < 1.29 is 9.47 Å². The van der Waals surface area contributed by atoms with Gasteiger partial charge in [-0.05, 0) is 19.8 Å². The van der Waals surface area contributed by atoms with Crippen molar-refractivity contribution in [2.24, 2.45) is 5.84 Å². The predicted octanol–water partition coefficient (Wildman–Crippen LogP) is 0.890. The van der Waals surface area contributed by atoms with Crippen LogP contribution in [0.5, 0.6) is 0 Å². The Labute approximate surface area is 112 Å². The number of nitrogen functional groups attached to an aromatic ring is 1. The summed E-state index contributed by atoms with van der Waals surface area (Å²) in [4.78, 5) is 8.56. The number of ether oxygens (including phenoxy) is 2. The lowest BCUT2D eigenvalue weighted by atomic mass is 10.0. The molecule has 2 rings (SSSR count). The van der Waals surface area contributed by atoms with Crippen molar-refractivity contribution in [3.8, 4) is 0 Å². The Morgan fingerprint density at radius 1 is 1.47 bits per heavy atom. The van der Waals surface area contributed by atoms with Gasteiger partial charge in [0.25, 0.3) is 0 Å². The average Bonchev–Trinajstić information content (AvgIpc) is 2.84. The third-order valence-electron chi connectivity index (χ3n) is 3.14. The molecule has 7 nitrogen and oxygen atoms in total. The van der Waals surface area contributed by atoms with Crippen LogP contribution in [0.25, 0.3) is 0 Å². The first-order valence-electron chi connectivity index (χ1n) is 6.36. The lowest BCUT2D eigenvalue weighted by Gasteiger charge is -2.23. The molecule has 0 amide bonds. The number of methoxy groups -OCH3 is 1. The molecule has 1 atom stereocenters. The van der Waals surface area contributed by atoms with E-state index in [-0.39, 0.29) is 5.60 Å². The van der Waals surface area contributed by atoms with Crippen molar-refractivity contribution in [2.75, 3.05) is 31.0 Å². The zero-order valence-corrected chi connectivity index (χ0v) is 11.4. The zero-order valence-electron chi connectivity index (χ0n) is 11.4. The monoisotopic (exact) mass is 267 g/mol. The number of hydrogen-bond donors (Lipinski definition) is 3. The van der Waals surface area contributed by atoms with Crippen molar-refractivity contribution in [3.63, 3.8) is 0 Å². The molecule has 0 spiro atoms. The Bertz CT molecular complexity index is 421. The van der Waals surface area contributed by atoms with Crippen LogP contribution in [0.1, 0.15) is 25.6 Å². The van der Waals surface area contributed by atoms with Gasteiger partial charge in [-0.1, -0.05) is 0 Å². The number of nitrogens with two attached hydrogens (primary N) is 1. The van der Waals surface area contributed by atoms with Gasteiger partial charge in [0.1, 0.15) is 18.2 Å². The van der Waals surface area contributed by atoms with Crippen LogP contribution in [-0.2, 0) is 16.1 Å². The van der Waals surface area contributed by atoms with E-state index in [0.29, 0.717) is 30.6 Å². The van der Waals surface area contributed by atoms with Gasteiger partial charge in [-0.2, -0.15) is 0 Å². The van der Waals surface area contributed by atoms with Crippen LogP contribution in [0, 0.1) is 0 Å². The summed E-state index contributed by atoms with van der Waals surface area (Å²) in [6, 6.07) is 1.76. The number of anilines is 2. The number of rotatable bonds is 6. The average molecular weight is 267 g/mol. The number of nitrogens with zero attached hydrogens (tertiary/aromatic N) is 2. The second-order valence-electron chi connectivity index (χ2n) is 4.89. The molecule has 106 valence electrons. The summed E-state index contributed by atoms with van der Waals surface area (Å²) < 4.78 is 10.8. The summed E-state index contributed by atoms with van der Waals surface area (Å²) in [5.41, 5.74) is 2.40. The summed E-state index contributed by atoms with van der Waals surface area (Å²) in [6.45, 7) is 3.98. The van der Waals surface area contributed by atoms with Gasteiger partial charge >= 0.3 is 0 Å². The molecule has 1 saturated heterocycles. The van der Waals surface area contributed by atoms with Crippen molar-refractivity contribution >= 4 is 11.6 Å².